The number of rotatable bonds is 7. The van der Waals surface area contributed by atoms with Crippen LogP contribution in [-0.4, -0.2) is 25.9 Å². The van der Waals surface area contributed by atoms with Gasteiger partial charge < -0.3 is 5.32 Å². The van der Waals surface area contributed by atoms with Gasteiger partial charge in [-0.2, -0.15) is 0 Å². The Bertz CT molecular complexity index is 759. The minimum absolute atomic E-state index is 0.0223. The molecule has 0 aliphatic rings. The summed E-state index contributed by atoms with van der Waals surface area (Å²) in [5.41, 5.74) is 0.561. The molecule has 24 heavy (non-hydrogen) atoms. The van der Waals surface area contributed by atoms with Crippen molar-refractivity contribution in [1.82, 2.24) is 10.3 Å². The summed E-state index contributed by atoms with van der Waals surface area (Å²) < 4.78 is 26.0. The lowest BCUT2D eigenvalue weighted by molar-refractivity contribution is -0.121. The Kier molecular flexibility index (Phi) is 6.09. The lowest BCUT2D eigenvalue weighted by Gasteiger charge is -2.19. The van der Waals surface area contributed by atoms with E-state index in [0.717, 1.165) is 0 Å². The molecule has 5 nitrogen and oxygen atoms in total. The molecule has 2 rings (SSSR count). The standard InChI is InChI=1S/C18H22N2O3S/c1-14(2)11-18(21)20-13-17(15-7-6-10-19-12-15)24(22,23)16-8-4-3-5-9-16/h3-10,12,14,17H,11,13H2,1-2H3,(H,20,21)/t17-/m0/s1. The molecule has 6 heteroatoms. The van der Waals surface area contributed by atoms with Crippen molar-refractivity contribution in [3.63, 3.8) is 0 Å². The van der Waals surface area contributed by atoms with Crippen molar-refractivity contribution in [2.75, 3.05) is 6.54 Å². The summed E-state index contributed by atoms with van der Waals surface area (Å²) in [7, 11) is -3.63. The first kappa shape index (κ1) is 18.1. The summed E-state index contributed by atoms with van der Waals surface area (Å²) in [5.74, 6) is 0.0646. The molecule has 1 aromatic heterocycles. The average molecular weight is 346 g/mol. The predicted octanol–water partition coefficient (Wildman–Crippen LogP) is 2.76. The zero-order valence-corrected chi connectivity index (χ0v) is 14.7. The van der Waals surface area contributed by atoms with E-state index in [1.807, 2.05) is 13.8 Å². The van der Waals surface area contributed by atoms with Crippen molar-refractivity contribution >= 4 is 15.7 Å². The number of carbonyl (C=O) groups excluding carboxylic acids is 1. The molecule has 0 aliphatic heterocycles. The summed E-state index contributed by atoms with van der Waals surface area (Å²) in [5, 5.41) is 1.87. The molecule has 1 aromatic carbocycles. The highest BCUT2D eigenvalue weighted by Crippen LogP contribution is 2.27. The van der Waals surface area contributed by atoms with E-state index in [0.29, 0.717) is 12.0 Å². The highest BCUT2D eigenvalue weighted by atomic mass is 32.2. The second kappa shape index (κ2) is 8.06. The smallest absolute Gasteiger partial charge is 0.220 e. The number of carbonyl (C=O) groups is 1. The van der Waals surface area contributed by atoms with Gasteiger partial charge in [0.1, 0.15) is 5.25 Å². The normalized spacial score (nSPS) is 12.8. The van der Waals surface area contributed by atoms with Gasteiger partial charge in [0.2, 0.25) is 5.91 Å². The molecule has 2 aromatic rings. The number of pyridine rings is 1. The van der Waals surface area contributed by atoms with Gasteiger partial charge >= 0.3 is 0 Å². The second-order valence-corrected chi connectivity index (χ2v) is 8.17. The number of nitrogens with zero attached hydrogens (tertiary/aromatic N) is 1. The molecule has 128 valence electrons. The topological polar surface area (TPSA) is 76.1 Å². The third-order valence-electron chi connectivity index (χ3n) is 3.58. The van der Waals surface area contributed by atoms with Crippen LogP contribution in [0.25, 0.3) is 0 Å². The van der Waals surface area contributed by atoms with E-state index in [1.165, 1.54) is 6.20 Å². The molecular formula is C18H22N2O3S. The van der Waals surface area contributed by atoms with Gasteiger partial charge in [0.25, 0.3) is 0 Å². The Labute approximate surface area is 143 Å². The number of sulfone groups is 1. The second-order valence-electron chi connectivity index (χ2n) is 6.04. The molecule has 1 amide bonds. The van der Waals surface area contributed by atoms with Crippen LogP contribution in [0.15, 0.2) is 59.8 Å². The predicted molar refractivity (Wildman–Crippen MR) is 93.1 cm³/mol. The van der Waals surface area contributed by atoms with Crippen LogP contribution in [-0.2, 0) is 14.6 Å². The SMILES string of the molecule is CC(C)CC(=O)NC[C@@H](c1cccnc1)S(=O)(=O)c1ccccc1. The fourth-order valence-corrected chi connectivity index (χ4v) is 4.06. The minimum atomic E-state index is -3.63. The molecule has 0 unspecified atom stereocenters. The van der Waals surface area contributed by atoms with Crippen LogP contribution in [0.1, 0.15) is 31.1 Å². The fraction of sp³-hybridized carbons (Fsp3) is 0.333. The highest BCUT2D eigenvalue weighted by molar-refractivity contribution is 7.91. The van der Waals surface area contributed by atoms with Gasteiger partial charge in [-0.1, -0.05) is 38.1 Å². The molecule has 1 heterocycles. The van der Waals surface area contributed by atoms with Gasteiger partial charge in [-0.3, -0.25) is 9.78 Å². The maximum absolute atomic E-state index is 13.0. The van der Waals surface area contributed by atoms with Crippen LogP contribution in [0, 0.1) is 5.92 Å². The van der Waals surface area contributed by atoms with Crippen molar-refractivity contribution in [2.24, 2.45) is 5.92 Å². The fourth-order valence-electron chi connectivity index (χ4n) is 2.40. The molecule has 0 bridgehead atoms. The van der Waals surface area contributed by atoms with Crippen LogP contribution in [0.3, 0.4) is 0 Å². The van der Waals surface area contributed by atoms with Crippen LogP contribution >= 0.6 is 0 Å². The van der Waals surface area contributed by atoms with E-state index in [2.05, 4.69) is 10.3 Å². The van der Waals surface area contributed by atoms with Crippen LogP contribution in [0.4, 0.5) is 0 Å². The van der Waals surface area contributed by atoms with Crippen molar-refractivity contribution in [3.8, 4) is 0 Å². The molecule has 0 fully saturated rings. The van der Waals surface area contributed by atoms with Gasteiger partial charge in [0.15, 0.2) is 9.84 Å². The van der Waals surface area contributed by atoms with Crippen molar-refractivity contribution in [1.29, 1.82) is 0 Å². The minimum Gasteiger partial charge on any atom is -0.354 e. The van der Waals surface area contributed by atoms with E-state index in [-0.39, 0.29) is 23.3 Å². The number of nitrogens with one attached hydrogen (secondary N) is 1. The number of benzene rings is 1. The summed E-state index contributed by atoms with van der Waals surface area (Å²) >= 11 is 0. The maximum Gasteiger partial charge on any atom is 0.220 e. The summed E-state index contributed by atoms with van der Waals surface area (Å²) in [6.45, 7) is 3.91. The van der Waals surface area contributed by atoms with E-state index in [9.17, 15) is 13.2 Å². The molecule has 1 N–H and O–H groups in total. The van der Waals surface area contributed by atoms with E-state index in [4.69, 9.17) is 0 Å². The van der Waals surface area contributed by atoms with Crippen molar-refractivity contribution < 1.29 is 13.2 Å². The molecular weight excluding hydrogens is 324 g/mol. The molecule has 0 radical (unpaired) electrons. The molecule has 0 saturated carbocycles. The quantitative estimate of drug-likeness (QED) is 0.836. The lowest BCUT2D eigenvalue weighted by Crippen LogP contribution is -2.32. The summed E-state index contributed by atoms with van der Waals surface area (Å²) in [6.07, 6.45) is 3.48. The number of hydrogen-bond acceptors (Lipinski definition) is 4. The Balaban J connectivity index is 2.29. The number of aromatic nitrogens is 1. The zero-order valence-electron chi connectivity index (χ0n) is 13.8. The van der Waals surface area contributed by atoms with Crippen molar-refractivity contribution in [2.45, 2.75) is 30.4 Å². The first-order chi connectivity index (χ1) is 11.4. The van der Waals surface area contributed by atoms with Gasteiger partial charge in [-0.15, -0.1) is 0 Å². The highest BCUT2D eigenvalue weighted by Gasteiger charge is 2.29. The third-order valence-corrected chi connectivity index (χ3v) is 5.70. The average Bonchev–Trinajstić information content (AvgIpc) is 2.56. The molecule has 0 spiro atoms. The maximum atomic E-state index is 13.0. The third kappa shape index (κ3) is 4.64. The molecule has 1 atom stereocenters. The van der Waals surface area contributed by atoms with E-state index < -0.39 is 15.1 Å². The summed E-state index contributed by atoms with van der Waals surface area (Å²) in [4.78, 5) is 16.2. The largest absolute Gasteiger partial charge is 0.354 e. The van der Waals surface area contributed by atoms with Gasteiger partial charge in [-0.05, 0) is 29.7 Å². The van der Waals surface area contributed by atoms with Gasteiger partial charge in [-0.25, -0.2) is 8.42 Å². The Morgan fingerprint density at radius 3 is 2.42 bits per heavy atom. The van der Waals surface area contributed by atoms with Gasteiger partial charge in [0, 0.05) is 25.4 Å². The van der Waals surface area contributed by atoms with Crippen molar-refractivity contribution in [3.05, 3.63) is 60.4 Å². The van der Waals surface area contributed by atoms with Gasteiger partial charge in [0.05, 0.1) is 4.90 Å². The lowest BCUT2D eigenvalue weighted by atomic mass is 10.1. The Morgan fingerprint density at radius 1 is 1.12 bits per heavy atom. The van der Waals surface area contributed by atoms with E-state index >= 15 is 0 Å². The number of hydrogen-bond donors (Lipinski definition) is 1. The number of amides is 1. The van der Waals surface area contributed by atoms with Crippen LogP contribution < -0.4 is 5.32 Å². The molecule has 0 saturated heterocycles. The monoisotopic (exact) mass is 346 g/mol. The van der Waals surface area contributed by atoms with Crippen LogP contribution in [0.2, 0.25) is 0 Å². The summed E-state index contributed by atoms with van der Waals surface area (Å²) in [6, 6.07) is 11.7. The van der Waals surface area contributed by atoms with E-state index in [1.54, 1.807) is 48.7 Å². The zero-order chi connectivity index (χ0) is 17.6. The first-order valence-corrected chi connectivity index (χ1v) is 9.41. The Morgan fingerprint density at radius 2 is 1.83 bits per heavy atom. The Hall–Kier alpha value is -2.21. The first-order valence-electron chi connectivity index (χ1n) is 7.87. The van der Waals surface area contributed by atoms with Crippen LogP contribution in [0.5, 0.6) is 0 Å². The molecule has 0 aliphatic carbocycles.